The molecular weight excluding hydrogens is 239 g/mol. The van der Waals surface area contributed by atoms with Crippen molar-refractivity contribution in [2.75, 3.05) is 6.61 Å². The first-order valence-electron chi connectivity index (χ1n) is 5.38. The first kappa shape index (κ1) is 13.9. The van der Waals surface area contributed by atoms with Crippen LogP contribution in [0.25, 0.3) is 0 Å². The van der Waals surface area contributed by atoms with E-state index in [1.54, 1.807) is 6.92 Å². The number of rotatable bonds is 6. The second kappa shape index (κ2) is 6.54. The van der Waals surface area contributed by atoms with Crippen molar-refractivity contribution >= 4 is 12.3 Å². The van der Waals surface area contributed by atoms with Gasteiger partial charge in [-0.05, 0) is 30.7 Å². The number of hydrogen-bond donors (Lipinski definition) is 1. The van der Waals surface area contributed by atoms with Gasteiger partial charge in [-0.15, -0.1) is 0 Å². The van der Waals surface area contributed by atoms with Gasteiger partial charge in [0.1, 0.15) is 12.9 Å². The van der Waals surface area contributed by atoms with Gasteiger partial charge in [-0.3, -0.25) is 4.79 Å². The van der Waals surface area contributed by atoms with Crippen LogP contribution < -0.4 is 4.74 Å². The molecule has 0 unspecified atom stereocenters. The van der Waals surface area contributed by atoms with Crippen molar-refractivity contribution in [1.29, 1.82) is 0 Å². The molecule has 0 fully saturated rings. The van der Waals surface area contributed by atoms with Gasteiger partial charge >= 0.3 is 5.97 Å². The number of ether oxygens (including phenoxy) is 1. The van der Waals surface area contributed by atoms with Crippen LogP contribution >= 0.6 is 0 Å². The number of carboxylic acid groups (broad SMARTS) is 1. The van der Waals surface area contributed by atoms with Crippen molar-refractivity contribution in [1.82, 2.24) is 0 Å². The third-order valence-corrected chi connectivity index (χ3v) is 2.32. The molecule has 0 aliphatic carbocycles. The van der Waals surface area contributed by atoms with Gasteiger partial charge in [-0.25, -0.2) is 9.18 Å². The van der Waals surface area contributed by atoms with Crippen LogP contribution in [0.2, 0.25) is 0 Å². The second-order valence-electron chi connectivity index (χ2n) is 3.51. The summed E-state index contributed by atoms with van der Waals surface area (Å²) >= 11 is 0. The van der Waals surface area contributed by atoms with Gasteiger partial charge in [-0.1, -0.05) is 6.92 Å². The molecule has 1 N–H and O–H groups in total. The summed E-state index contributed by atoms with van der Waals surface area (Å²) in [6.45, 7) is 1.67. The number of carboxylic acids is 1. The molecule has 5 heteroatoms. The lowest BCUT2D eigenvalue weighted by Gasteiger charge is -2.05. The molecule has 1 aromatic rings. The van der Waals surface area contributed by atoms with Crippen molar-refractivity contribution in [3.05, 3.63) is 41.2 Å². The monoisotopic (exact) mass is 252 g/mol. The number of aldehydes is 1. The zero-order chi connectivity index (χ0) is 13.5. The summed E-state index contributed by atoms with van der Waals surface area (Å²) in [4.78, 5) is 21.1. The van der Waals surface area contributed by atoms with Crippen molar-refractivity contribution < 1.29 is 23.8 Å². The Morgan fingerprint density at radius 3 is 2.72 bits per heavy atom. The normalized spacial score (nSPS) is 11.1. The summed E-state index contributed by atoms with van der Waals surface area (Å²) in [6, 6.07) is 3.82. The largest absolute Gasteiger partial charge is 0.486 e. The Balaban J connectivity index is 2.69. The summed E-state index contributed by atoms with van der Waals surface area (Å²) in [5.74, 6) is -1.68. The van der Waals surface area contributed by atoms with Gasteiger partial charge in [0.05, 0.1) is 0 Å². The lowest BCUT2D eigenvalue weighted by molar-refractivity contribution is -0.132. The van der Waals surface area contributed by atoms with Crippen molar-refractivity contribution in [3.8, 4) is 5.75 Å². The average Bonchev–Trinajstić information content (AvgIpc) is 2.35. The predicted octanol–water partition coefficient (Wildman–Crippen LogP) is 2.44. The van der Waals surface area contributed by atoms with Crippen LogP contribution in [0.4, 0.5) is 4.39 Å². The molecule has 0 bridgehead atoms. The Bertz CT molecular complexity index is 480. The van der Waals surface area contributed by atoms with E-state index in [1.807, 2.05) is 0 Å². The Labute approximate surface area is 104 Å². The molecule has 1 rings (SSSR count). The molecule has 0 radical (unpaired) electrons. The Kier molecular flexibility index (Phi) is 5.05. The van der Waals surface area contributed by atoms with Crippen molar-refractivity contribution in [2.24, 2.45) is 0 Å². The van der Waals surface area contributed by atoms with E-state index < -0.39 is 11.8 Å². The minimum atomic E-state index is -1.02. The van der Waals surface area contributed by atoms with E-state index in [0.29, 0.717) is 12.7 Å². The topological polar surface area (TPSA) is 63.6 Å². The standard InChI is InChI=1S/C13H13FO4/c1-2-10(13(16)17)5-6-18-12-4-3-9(8-15)7-11(12)14/h3-5,7-8H,2,6H2,1H3,(H,16,17)/b10-5-. The minimum Gasteiger partial charge on any atom is -0.486 e. The number of carbonyl (C=O) groups excluding carboxylic acids is 1. The third-order valence-electron chi connectivity index (χ3n) is 2.32. The van der Waals surface area contributed by atoms with Crippen LogP contribution in [0.1, 0.15) is 23.7 Å². The molecule has 0 aromatic heterocycles. The van der Waals surface area contributed by atoms with Gasteiger partial charge in [-0.2, -0.15) is 0 Å². The highest BCUT2D eigenvalue weighted by molar-refractivity contribution is 5.86. The molecule has 96 valence electrons. The van der Waals surface area contributed by atoms with Gasteiger partial charge in [0, 0.05) is 11.1 Å². The van der Waals surface area contributed by atoms with E-state index in [9.17, 15) is 14.0 Å². The summed E-state index contributed by atoms with van der Waals surface area (Å²) in [5.41, 5.74) is 0.426. The van der Waals surface area contributed by atoms with Gasteiger partial charge in [0.25, 0.3) is 0 Å². The van der Waals surface area contributed by atoms with E-state index in [1.165, 1.54) is 18.2 Å². The SMILES string of the molecule is CC/C(=C/COc1ccc(C=O)cc1F)C(=O)O. The predicted molar refractivity (Wildman–Crippen MR) is 63.3 cm³/mol. The fourth-order valence-electron chi connectivity index (χ4n) is 1.32. The molecule has 0 saturated carbocycles. The second-order valence-corrected chi connectivity index (χ2v) is 3.51. The van der Waals surface area contributed by atoms with Crippen LogP contribution in [-0.4, -0.2) is 24.0 Å². The van der Waals surface area contributed by atoms with Crippen LogP contribution in [0.5, 0.6) is 5.75 Å². The summed E-state index contributed by atoms with van der Waals surface area (Å²) < 4.78 is 18.5. The number of carbonyl (C=O) groups is 2. The average molecular weight is 252 g/mol. The summed E-state index contributed by atoms with van der Waals surface area (Å²) in [5, 5.41) is 8.76. The first-order valence-corrected chi connectivity index (χ1v) is 5.38. The Morgan fingerprint density at radius 1 is 1.50 bits per heavy atom. The van der Waals surface area contributed by atoms with E-state index in [2.05, 4.69) is 0 Å². The van der Waals surface area contributed by atoms with Gasteiger partial charge in [0.2, 0.25) is 0 Å². The molecule has 0 atom stereocenters. The first-order chi connectivity index (χ1) is 8.58. The van der Waals surface area contributed by atoms with Crippen LogP contribution in [0, 0.1) is 5.82 Å². The molecule has 1 aromatic carbocycles. The van der Waals surface area contributed by atoms with Crippen LogP contribution in [-0.2, 0) is 4.79 Å². The van der Waals surface area contributed by atoms with E-state index in [-0.39, 0.29) is 23.5 Å². The maximum absolute atomic E-state index is 13.4. The zero-order valence-corrected chi connectivity index (χ0v) is 9.85. The molecule has 4 nitrogen and oxygen atoms in total. The van der Waals surface area contributed by atoms with Gasteiger partial charge < -0.3 is 9.84 Å². The molecule has 0 spiro atoms. The van der Waals surface area contributed by atoms with E-state index in [4.69, 9.17) is 9.84 Å². The Morgan fingerprint density at radius 2 is 2.22 bits per heavy atom. The smallest absolute Gasteiger partial charge is 0.331 e. The lowest BCUT2D eigenvalue weighted by Crippen LogP contribution is -2.03. The molecule has 0 aliphatic heterocycles. The molecule has 0 heterocycles. The van der Waals surface area contributed by atoms with Crippen LogP contribution in [0.15, 0.2) is 29.8 Å². The van der Waals surface area contributed by atoms with Crippen LogP contribution in [0.3, 0.4) is 0 Å². The Hall–Kier alpha value is -2.17. The number of aliphatic carboxylic acids is 1. The maximum Gasteiger partial charge on any atom is 0.331 e. The molecule has 0 aliphatic rings. The molecule has 18 heavy (non-hydrogen) atoms. The van der Waals surface area contributed by atoms with E-state index in [0.717, 1.165) is 6.07 Å². The number of benzene rings is 1. The maximum atomic E-state index is 13.4. The highest BCUT2D eigenvalue weighted by atomic mass is 19.1. The lowest BCUT2D eigenvalue weighted by atomic mass is 10.2. The molecule has 0 amide bonds. The fraction of sp³-hybridized carbons (Fsp3) is 0.231. The highest BCUT2D eigenvalue weighted by Crippen LogP contribution is 2.17. The molecular formula is C13H13FO4. The third kappa shape index (κ3) is 3.69. The summed E-state index contributed by atoms with van der Waals surface area (Å²) in [7, 11) is 0. The summed E-state index contributed by atoms with van der Waals surface area (Å²) in [6.07, 6.45) is 2.28. The zero-order valence-electron chi connectivity index (χ0n) is 9.85. The van der Waals surface area contributed by atoms with E-state index >= 15 is 0 Å². The molecule has 0 saturated heterocycles. The van der Waals surface area contributed by atoms with Gasteiger partial charge in [0.15, 0.2) is 11.6 Å². The quantitative estimate of drug-likeness (QED) is 0.624. The highest BCUT2D eigenvalue weighted by Gasteiger charge is 2.06. The number of hydrogen-bond acceptors (Lipinski definition) is 3. The fourth-order valence-corrected chi connectivity index (χ4v) is 1.32. The van der Waals surface area contributed by atoms with Crippen molar-refractivity contribution in [3.63, 3.8) is 0 Å². The minimum absolute atomic E-state index is 0.0160. The number of halogens is 1. The van der Waals surface area contributed by atoms with Crippen molar-refractivity contribution in [2.45, 2.75) is 13.3 Å².